The highest BCUT2D eigenvalue weighted by Gasteiger charge is 2.35. The van der Waals surface area contributed by atoms with E-state index in [1.807, 2.05) is 73.8 Å². The number of rotatable bonds is 13. The molecule has 5 rings (SSSR count). The monoisotopic (exact) mass is 693 g/mol. The molecule has 0 aliphatic carbocycles. The number of esters is 1. The molecule has 0 unspecified atom stereocenters. The number of methoxy groups -OCH3 is 1. The number of hydrogen-bond donors (Lipinski definition) is 1. The van der Waals surface area contributed by atoms with Crippen molar-refractivity contribution in [2.75, 3.05) is 44.9 Å². The van der Waals surface area contributed by atoms with Crippen molar-refractivity contribution < 1.29 is 28.8 Å². The van der Waals surface area contributed by atoms with Gasteiger partial charge in [0, 0.05) is 34.9 Å². The van der Waals surface area contributed by atoms with Gasteiger partial charge in [0.1, 0.15) is 11.5 Å². The maximum Gasteiger partial charge on any atom is 0.339 e. The number of aromatic nitrogens is 2. The van der Waals surface area contributed by atoms with Gasteiger partial charge in [0.25, 0.3) is 0 Å². The quantitative estimate of drug-likeness (QED) is 0.124. The molecule has 0 bridgehead atoms. The van der Waals surface area contributed by atoms with Crippen LogP contribution in [0.25, 0.3) is 16.9 Å². The Kier molecular flexibility index (Phi) is 11.2. The maximum absolute atomic E-state index is 12.7. The number of aryl methyl sites for hydroxylation is 1. The van der Waals surface area contributed by atoms with Crippen LogP contribution in [0.5, 0.6) is 0 Å². The summed E-state index contributed by atoms with van der Waals surface area (Å²) in [6, 6.07) is 18.1. The molecule has 0 radical (unpaired) electrons. The number of fused-ring (bicyclic) bond motifs is 1. The highest BCUT2D eigenvalue weighted by atomic mass is 79.9. The molecule has 2 atom stereocenters. The maximum atomic E-state index is 12.7. The lowest BCUT2D eigenvalue weighted by Gasteiger charge is -2.41. The van der Waals surface area contributed by atoms with Gasteiger partial charge in [-0.05, 0) is 69.4 Å². The van der Waals surface area contributed by atoms with Gasteiger partial charge in [0.05, 0.1) is 50.9 Å². The molecule has 2 aromatic carbocycles. The van der Waals surface area contributed by atoms with Crippen molar-refractivity contribution in [2.24, 2.45) is 0 Å². The lowest BCUT2D eigenvalue weighted by Crippen LogP contribution is -2.46. The second-order valence-electron chi connectivity index (χ2n) is 12.2. The summed E-state index contributed by atoms with van der Waals surface area (Å²) >= 11 is 3.57. The molecule has 0 saturated carbocycles. The second kappa shape index (κ2) is 15.1. The number of carbonyl (C=O) groups is 1. The minimum absolute atomic E-state index is 0.0181. The molecule has 2 aromatic heterocycles. The van der Waals surface area contributed by atoms with Crippen LogP contribution >= 0.6 is 15.9 Å². The van der Waals surface area contributed by atoms with Gasteiger partial charge in [0.15, 0.2) is 6.10 Å². The van der Waals surface area contributed by atoms with E-state index in [1.165, 1.54) is 7.11 Å². The van der Waals surface area contributed by atoms with Gasteiger partial charge < -0.3 is 29.0 Å². The van der Waals surface area contributed by atoms with Gasteiger partial charge in [-0.25, -0.2) is 9.78 Å². The number of ether oxygens (including phenoxy) is 4. The van der Waals surface area contributed by atoms with Crippen LogP contribution in [0.3, 0.4) is 0 Å². The molecule has 0 spiro atoms. The van der Waals surface area contributed by atoms with Crippen LogP contribution in [0.4, 0.5) is 5.82 Å². The topological polar surface area (TPSA) is 94.8 Å². The van der Waals surface area contributed by atoms with E-state index >= 15 is 0 Å². The number of aliphatic hydroxyl groups is 1. The Labute approximate surface area is 279 Å². The summed E-state index contributed by atoms with van der Waals surface area (Å²) in [4.78, 5) is 19.9. The number of aliphatic hydroxyl groups excluding tert-OH is 1. The molecule has 0 amide bonds. The van der Waals surface area contributed by atoms with E-state index in [1.54, 1.807) is 0 Å². The first kappa shape index (κ1) is 34.1. The number of hydrogen-bond acceptors (Lipinski definition) is 8. The van der Waals surface area contributed by atoms with Gasteiger partial charge in [-0.3, -0.25) is 4.40 Å². The Morgan fingerprint density at radius 2 is 1.80 bits per heavy atom. The lowest BCUT2D eigenvalue weighted by molar-refractivity contribution is -0.150. The Hall–Kier alpha value is -3.28. The lowest BCUT2D eigenvalue weighted by atomic mass is 9.92. The van der Waals surface area contributed by atoms with Crippen molar-refractivity contribution >= 4 is 33.4 Å². The van der Waals surface area contributed by atoms with Crippen molar-refractivity contribution in [1.29, 1.82) is 0 Å². The number of nitrogens with zero attached hydrogens (tertiary/aromatic N) is 3. The van der Waals surface area contributed by atoms with Crippen LogP contribution < -0.4 is 4.90 Å². The molecule has 4 aromatic rings. The summed E-state index contributed by atoms with van der Waals surface area (Å²) in [7, 11) is 1.29. The van der Waals surface area contributed by atoms with Gasteiger partial charge in [-0.15, -0.1) is 0 Å². The van der Waals surface area contributed by atoms with Crippen LogP contribution in [0.2, 0.25) is 0 Å². The Bertz CT molecular complexity index is 1630. The molecule has 246 valence electrons. The first-order chi connectivity index (χ1) is 22.1. The van der Waals surface area contributed by atoms with Crippen molar-refractivity contribution in [3.8, 4) is 11.3 Å². The van der Waals surface area contributed by atoms with E-state index in [0.717, 1.165) is 56.7 Å². The molecule has 1 aliphatic heterocycles. The zero-order valence-electron chi connectivity index (χ0n) is 27.3. The molecule has 9 nitrogen and oxygen atoms in total. The van der Waals surface area contributed by atoms with E-state index in [0.29, 0.717) is 45.1 Å². The predicted molar refractivity (Wildman–Crippen MR) is 182 cm³/mol. The predicted octanol–water partition coefficient (Wildman–Crippen LogP) is 6.58. The zero-order chi connectivity index (χ0) is 32.8. The minimum Gasteiger partial charge on any atom is -0.467 e. The van der Waals surface area contributed by atoms with Gasteiger partial charge >= 0.3 is 5.97 Å². The molecule has 46 heavy (non-hydrogen) atoms. The van der Waals surface area contributed by atoms with Crippen molar-refractivity contribution in [3.05, 3.63) is 87.5 Å². The number of imidazole rings is 1. The average molecular weight is 695 g/mol. The fourth-order valence-electron chi connectivity index (χ4n) is 5.93. The van der Waals surface area contributed by atoms with Crippen molar-refractivity contribution in [3.63, 3.8) is 0 Å². The summed E-state index contributed by atoms with van der Waals surface area (Å²) in [5.74, 6) is 0.0556. The fourth-order valence-corrected chi connectivity index (χ4v) is 6.33. The highest BCUT2D eigenvalue weighted by Crippen LogP contribution is 2.39. The summed E-state index contributed by atoms with van der Waals surface area (Å²) < 4.78 is 26.1. The second-order valence-corrected chi connectivity index (χ2v) is 13.1. The van der Waals surface area contributed by atoms with Gasteiger partial charge in [0.2, 0.25) is 0 Å². The van der Waals surface area contributed by atoms with Gasteiger partial charge in [-0.1, -0.05) is 58.4 Å². The summed E-state index contributed by atoms with van der Waals surface area (Å²) in [5.41, 5.74) is 5.62. The molecule has 10 heteroatoms. The standard InChI is InChI=1S/C36H44BrN3O6/c1-24(45-23-27-10-7-6-8-11-27)22-44-18-19-46-36(4)14-16-39(17-15-36)34-31(32(41)35(42)43-5)25(2)26(3)33-38-30(21-40(33)34)28-12-9-13-29(37)20-28/h6-13,20-21,24,32,41H,14-19,22-23H2,1-5H3/t24-,32+/m1/s1. The molecule has 3 heterocycles. The van der Waals surface area contributed by atoms with E-state index < -0.39 is 12.1 Å². The third-order valence-electron chi connectivity index (χ3n) is 8.82. The Morgan fingerprint density at radius 3 is 2.50 bits per heavy atom. The molecule has 1 N–H and O–H groups in total. The molecule has 1 saturated heterocycles. The molecule has 1 aliphatic rings. The number of pyridine rings is 1. The van der Waals surface area contributed by atoms with E-state index in [2.05, 4.69) is 39.9 Å². The van der Waals surface area contributed by atoms with E-state index in [-0.39, 0.29) is 11.7 Å². The number of benzene rings is 2. The summed E-state index contributed by atoms with van der Waals surface area (Å²) in [6.07, 6.45) is 2.06. The Morgan fingerprint density at radius 1 is 1.07 bits per heavy atom. The SMILES string of the molecule is COC(=O)[C@@H](O)c1c(C)c(C)c2nc(-c3cccc(Br)c3)cn2c1N1CCC(C)(OCCOC[C@@H](C)OCc2ccccc2)CC1. The number of halogens is 1. The van der Waals surface area contributed by atoms with E-state index in [4.69, 9.17) is 23.9 Å². The number of piperidine rings is 1. The highest BCUT2D eigenvalue weighted by molar-refractivity contribution is 9.10. The first-order valence-corrected chi connectivity index (χ1v) is 16.6. The average Bonchev–Trinajstić information content (AvgIpc) is 3.51. The molecular weight excluding hydrogens is 650 g/mol. The largest absolute Gasteiger partial charge is 0.467 e. The van der Waals surface area contributed by atoms with Crippen molar-refractivity contribution in [1.82, 2.24) is 9.38 Å². The van der Waals surface area contributed by atoms with E-state index in [9.17, 15) is 9.90 Å². The zero-order valence-corrected chi connectivity index (χ0v) is 28.9. The third-order valence-corrected chi connectivity index (χ3v) is 9.32. The van der Waals surface area contributed by atoms with Crippen molar-refractivity contribution in [2.45, 2.75) is 65.0 Å². The Balaban J connectivity index is 1.27. The number of anilines is 1. The van der Waals surface area contributed by atoms with Crippen LogP contribution in [0.15, 0.2) is 65.3 Å². The fraction of sp³-hybridized carbons (Fsp3) is 0.444. The van der Waals surface area contributed by atoms with Crippen LogP contribution in [0.1, 0.15) is 55.0 Å². The smallest absolute Gasteiger partial charge is 0.339 e. The number of carbonyl (C=O) groups excluding carboxylic acids is 1. The summed E-state index contributed by atoms with van der Waals surface area (Å²) in [5, 5.41) is 11.2. The van der Waals surface area contributed by atoms with Gasteiger partial charge in [-0.2, -0.15) is 0 Å². The minimum atomic E-state index is -1.43. The third kappa shape index (κ3) is 7.81. The van der Waals surface area contributed by atoms with Crippen LogP contribution in [0, 0.1) is 13.8 Å². The first-order valence-electron chi connectivity index (χ1n) is 15.8. The van der Waals surface area contributed by atoms with Crippen LogP contribution in [-0.2, 0) is 30.3 Å². The van der Waals surface area contributed by atoms with Crippen LogP contribution in [-0.4, -0.2) is 72.2 Å². The molecular formula is C36H44BrN3O6. The summed E-state index contributed by atoms with van der Waals surface area (Å²) in [6.45, 7) is 11.4. The molecule has 1 fully saturated rings. The normalized spacial score (nSPS) is 16.0.